The summed E-state index contributed by atoms with van der Waals surface area (Å²) in [5.74, 6) is -0.0465. The number of nitrogens with zero attached hydrogens (tertiary/aromatic N) is 1. The Bertz CT molecular complexity index is 366. The summed E-state index contributed by atoms with van der Waals surface area (Å²) in [6.07, 6.45) is 8.77. The first kappa shape index (κ1) is 12.0. The van der Waals surface area contributed by atoms with Crippen LogP contribution in [0.4, 0.5) is 0 Å². The molecule has 1 aromatic rings. The van der Waals surface area contributed by atoms with E-state index in [-0.39, 0.29) is 18.0 Å². The quantitative estimate of drug-likeness (QED) is 0.760. The number of amides is 1. The predicted octanol–water partition coefficient (Wildman–Crippen LogP) is 1.47. The molecule has 0 saturated heterocycles. The van der Waals surface area contributed by atoms with Gasteiger partial charge in [0.2, 0.25) is 0 Å². The molecule has 1 aliphatic carbocycles. The molecule has 4 heteroatoms. The summed E-state index contributed by atoms with van der Waals surface area (Å²) in [5, 5.41) is 3.03. The molecule has 4 nitrogen and oxygen atoms in total. The first-order valence-electron chi connectivity index (χ1n) is 6.24. The molecule has 2 unspecified atom stereocenters. The Hall–Kier alpha value is -1.42. The van der Waals surface area contributed by atoms with Crippen LogP contribution in [-0.2, 0) is 0 Å². The highest BCUT2D eigenvalue weighted by Crippen LogP contribution is 2.17. The largest absolute Gasteiger partial charge is 0.348 e. The first-order valence-corrected chi connectivity index (χ1v) is 6.24. The van der Waals surface area contributed by atoms with Crippen molar-refractivity contribution in [2.75, 3.05) is 0 Å². The van der Waals surface area contributed by atoms with Crippen LogP contribution in [0.3, 0.4) is 0 Å². The van der Waals surface area contributed by atoms with Crippen LogP contribution in [0, 0.1) is 0 Å². The number of nitrogens with one attached hydrogen (secondary N) is 1. The highest BCUT2D eigenvalue weighted by Gasteiger charge is 2.22. The van der Waals surface area contributed by atoms with Crippen LogP contribution in [0.15, 0.2) is 24.5 Å². The molecule has 1 heterocycles. The molecule has 0 spiro atoms. The zero-order valence-electron chi connectivity index (χ0n) is 9.93. The maximum Gasteiger partial charge on any atom is 0.251 e. The molecule has 92 valence electrons. The van der Waals surface area contributed by atoms with E-state index >= 15 is 0 Å². The maximum absolute atomic E-state index is 12.0. The van der Waals surface area contributed by atoms with E-state index < -0.39 is 0 Å². The molecular formula is C13H19N3O. The SMILES string of the molecule is NC1CCCCCC1NC(=O)c1ccncc1. The highest BCUT2D eigenvalue weighted by atomic mass is 16.1. The molecule has 2 atom stereocenters. The van der Waals surface area contributed by atoms with Crippen LogP contribution < -0.4 is 11.1 Å². The molecule has 1 amide bonds. The van der Waals surface area contributed by atoms with E-state index in [1.807, 2.05) is 0 Å². The molecular weight excluding hydrogens is 214 g/mol. The number of carbonyl (C=O) groups is 1. The summed E-state index contributed by atoms with van der Waals surface area (Å²) in [6, 6.07) is 3.64. The molecule has 2 rings (SSSR count). The summed E-state index contributed by atoms with van der Waals surface area (Å²) in [4.78, 5) is 15.9. The number of hydrogen-bond donors (Lipinski definition) is 2. The van der Waals surface area contributed by atoms with Gasteiger partial charge in [-0.3, -0.25) is 9.78 Å². The third-order valence-corrected chi connectivity index (χ3v) is 3.33. The lowest BCUT2D eigenvalue weighted by Gasteiger charge is -2.22. The van der Waals surface area contributed by atoms with Crippen LogP contribution in [0.2, 0.25) is 0 Å². The van der Waals surface area contributed by atoms with Crippen molar-refractivity contribution in [3.63, 3.8) is 0 Å². The third kappa shape index (κ3) is 3.27. The lowest BCUT2D eigenvalue weighted by atomic mass is 10.0. The van der Waals surface area contributed by atoms with Crippen molar-refractivity contribution < 1.29 is 4.79 Å². The Morgan fingerprint density at radius 2 is 1.94 bits per heavy atom. The van der Waals surface area contributed by atoms with E-state index in [9.17, 15) is 4.79 Å². The van der Waals surface area contributed by atoms with Gasteiger partial charge in [-0.05, 0) is 25.0 Å². The lowest BCUT2D eigenvalue weighted by molar-refractivity contribution is 0.0928. The monoisotopic (exact) mass is 233 g/mol. The highest BCUT2D eigenvalue weighted by molar-refractivity contribution is 5.94. The van der Waals surface area contributed by atoms with Crippen molar-refractivity contribution in [2.45, 2.75) is 44.2 Å². The first-order chi connectivity index (χ1) is 8.27. The summed E-state index contributed by atoms with van der Waals surface area (Å²) in [6.45, 7) is 0. The summed E-state index contributed by atoms with van der Waals surface area (Å²) < 4.78 is 0. The van der Waals surface area contributed by atoms with Gasteiger partial charge >= 0.3 is 0 Å². The van der Waals surface area contributed by atoms with Crippen molar-refractivity contribution in [3.05, 3.63) is 30.1 Å². The average Bonchev–Trinajstić information content (AvgIpc) is 2.56. The van der Waals surface area contributed by atoms with Gasteiger partial charge < -0.3 is 11.1 Å². The van der Waals surface area contributed by atoms with Crippen molar-refractivity contribution in [2.24, 2.45) is 5.73 Å². The topological polar surface area (TPSA) is 68.0 Å². The van der Waals surface area contributed by atoms with Gasteiger partial charge in [-0.1, -0.05) is 19.3 Å². The molecule has 0 aliphatic heterocycles. The molecule has 1 aliphatic rings. The minimum absolute atomic E-state index is 0.0465. The molecule has 0 radical (unpaired) electrons. The van der Waals surface area contributed by atoms with E-state index in [0.717, 1.165) is 19.3 Å². The second-order valence-electron chi connectivity index (χ2n) is 4.62. The van der Waals surface area contributed by atoms with E-state index in [1.54, 1.807) is 24.5 Å². The molecule has 1 aromatic heterocycles. The fourth-order valence-electron chi connectivity index (χ4n) is 2.27. The molecule has 0 aromatic carbocycles. The van der Waals surface area contributed by atoms with Crippen molar-refractivity contribution in [3.8, 4) is 0 Å². The normalized spacial score (nSPS) is 25.0. The zero-order chi connectivity index (χ0) is 12.1. The predicted molar refractivity (Wildman–Crippen MR) is 66.6 cm³/mol. The van der Waals surface area contributed by atoms with Gasteiger partial charge in [-0.2, -0.15) is 0 Å². The van der Waals surface area contributed by atoms with Gasteiger partial charge in [0.1, 0.15) is 0 Å². The van der Waals surface area contributed by atoms with E-state index in [2.05, 4.69) is 10.3 Å². The number of aromatic nitrogens is 1. The summed E-state index contributed by atoms with van der Waals surface area (Å²) in [7, 11) is 0. The Labute approximate surface area is 102 Å². The standard InChI is InChI=1S/C13H19N3O/c14-11-4-2-1-3-5-12(11)16-13(17)10-6-8-15-9-7-10/h6-9,11-12H,1-5,14H2,(H,16,17). The van der Waals surface area contributed by atoms with E-state index in [0.29, 0.717) is 5.56 Å². The minimum atomic E-state index is -0.0465. The van der Waals surface area contributed by atoms with Crippen LogP contribution in [0.1, 0.15) is 42.5 Å². The van der Waals surface area contributed by atoms with E-state index in [1.165, 1.54) is 12.8 Å². The number of nitrogens with two attached hydrogens (primary N) is 1. The maximum atomic E-state index is 12.0. The van der Waals surface area contributed by atoms with Crippen LogP contribution in [0.5, 0.6) is 0 Å². The lowest BCUT2D eigenvalue weighted by Crippen LogP contribution is -2.46. The molecule has 17 heavy (non-hydrogen) atoms. The summed E-state index contributed by atoms with van der Waals surface area (Å²) >= 11 is 0. The Balaban J connectivity index is 1.98. The Morgan fingerprint density at radius 3 is 2.71 bits per heavy atom. The van der Waals surface area contributed by atoms with Gasteiger partial charge in [0.25, 0.3) is 5.91 Å². The second-order valence-corrected chi connectivity index (χ2v) is 4.62. The van der Waals surface area contributed by atoms with Crippen molar-refractivity contribution in [1.82, 2.24) is 10.3 Å². The zero-order valence-corrected chi connectivity index (χ0v) is 9.93. The van der Waals surface area contributed by atoms with Gasteiger partial charge in [0.15, 0.2) is 0 Å². The average molecular weight is 233 g/mol. The number of rotatable bonds is 2. The van der Waals surface area contributed by atoms with Gasteiger partial charge in [0.05, 0.1) is 0 Å². The molecule has 0 bridgehead atoms. The van der Waals surface area contributed by atoms with Crippen molar-refractivity contribution >= 4 is 5.91 Å². The smallest absolute Gasteiger partial charge is 0.251 e. The third-order valence-electron chi connectivity index (χ3n) is 3.33. The number of carbonyl (C=O) groups excluding carboxylic acids is 1. The fraction of sp³-hybridized carbons (Fsp3) is 0.538. The van der Waals surface area contributed by atoms with Crippen molar-refractivity contribution in [1.29, 1.82) is 0 Å². The van der Waals surface area contributed by atoms with Crippen LogP contribution >= 0.6 is 0 Å². The molecule has 3 N–H and O–H groups in total. The summed E-state index contributed by atoms with van der Waals surface area (Å²) in [5.41, 5.74) is 6.73. The van der Waals surface area contributed by atoms with E-state index in [4.69, 9.17) is 5.73 Å². The number of pyridine rings is 1. The Morgan fingerprint density at radius 1 is 1.24 bits per heavy atom. The van der Waals surface area contributed by atoms with Gasteiger partial charge in [0, 0.05) is 30.0 Å². The second kappa shape index (κ2) is 5.77. The number of hydrogen-bond acceptors (Lipinski definition) is 3. The van der Waals surface area contributed by atoms with Gasteiger partial charge in [-0.15, -0.1) is 0 Å². The van der Waals surface area contributed by atoms with Gasteiger partial charge in [-0.25, -0.2) is 0 Å². The fourth-order valence-corrected chi connectivity index (χ4v) is 2.27. The van der Waals surface area contributed by atoms with Crippen LogP contribution in [-0.4, -0.2) is 23.0 Å². The minimum Gasteiger partial charge on any atom is -0.348 e. The van der Waals surface area contributed by atoms with Crippen LogP contribution in [0.25, 0.3) is 0 Å². The molecule has 1 fully saturated rings. The molecule has 1 saturated carbocycles. The Kier molecular flexibility index (Phi) is 4.09.